The van der Waals surface area contributed by atoms with Gasteiger partial charge in [0.15, 0.2) is 0 Å². The summed E-state index contributed by atoms with van der Waals surface area (Å²) in [5.74, 6) is 0.615. The topological polar surface area (TPSA) is 48.1 Å². The number of allylic oxidation sites excluding steroid dienone is 1. The van der Waals surface area contributed by atoms with Crippen LogP contribution in [-0.4, -0.2) is 12.1 Å². The van der Waals surface area contributed by atoms with Gasteiger partial charge >= 0.3 is 0 Å². The first-order chi connectivity index (χ1) is 6.79. The molecule has 0 saturated carbocycles. The van der Waals surface area contributed by atoms with E-state index in [4.69, 9.17) is 10.5 Å². The smallest absolute Gasteiger partial charge is 0.217 e. The minimum absolute atomic E-state index is 0.0309. The number of aromatic nitrogens is 1. The van der Waals surface area contributed by atoms with Crippen LogP contribution in [0.1, 0.15) is 24.4 Å². The Morgan fingerprint density at radius 3 is 3.14 bits per heavy atom. The first-order valence-electron chi connectivity index (χ1n) is 4.65. The number of ether oxygens (including phenoxy) is 1. The zero-order valence-corrected chi connectivity index (χ0v) is 8.44. The van der Waals surface area contributed by atoms with Crippen molar-refractivity contribution < 1.29 is 4.74 Å². The molecule has 0 aliphatic rings. The second kappa shape index (κ2) is 5.40. The van der Waals surface area contributed by atoms with E-state index in [0.717, 1.165) is 18.4 Å². The van der Waals surface area contributed by atoms with E-state index in [2.05, 4.69) is 11.6 Å². The normalized spacial score (nSPS) is 12.1. The Balaban J connectivity index is 2.77. The highest BCUT2D eigenvalue weighted by Gasteiger charge is 2.10. The second-order valence-electron chi connectivity index (χ2n) is 3.07. The lowest BCUT2D eigenvalue weighted by Gasteiger charge is -2.13. The third-order valence-corrected chi connectivity index (χ3v) is 2.08. The van der Waals surface area contributed by atoms with E-state index in [9.17, 15) is 0 Å². The number of nitrogens with zero attached hydrogens (tertiary/aromatic N) is 1. The SMILES string of the molecule is C=CCCC(N)c1cccnc1OC. The fourth-order valence-electron chi connectivity index (χ4n) is 1.31. The maximum atomic E-state index is 5.99. The van der Waals surface area contributed by atoms with Crippen molar-refractivity contribution in [3.05, 3.63) is 36.5 Å². The fourth-order valence-corrected chi connectivity index (χ4v) is 1.31. The van der Waals surface area contributed by atoms with E-state index >= 15 is 0 Å². The molecule has 0 saturated heterocycles. The van der Waals surface area contributed by atoms with Gasteiger partial charge in [-0.3, -0.25) is 0 Å². The Kier molecular flexibility index (Phi) is 4.13. The van der Waals surface area contributed by atoms with E-state index in [1.54, 1.807) is 13.3 Å². The first-order valence-corrected chi connectivity index (χ1v) is 4.65. The van der Waals surface area contributed by atoms with Gasteiger partial charge < -0.3 is 10.5 Å². The molecule has 0 bridgehead atoms. The molecule has 76 valence electrons. The summed E-state index contributed by atoms with van der Waals surface area (Å²) in [5, 5.41) is 0. The summed E-state index contributed by atoms with van der Waals surface area (Å²) in [6.45, 7) is 3.67. The molecule has 1 aromatic rings. The van der Waals surface area contributed by atoms with Crippen LogP contribution in [0.3, 0.4) is 0 Å². The Hall–Kier alpha value is -1.35. The van der Waals surface area contributed by atoms with Gasteiger partial charge in [0.25, 0.3) is 0 Å². The van der Waals surface area contributed by atoms with Crippen LogP contribution in [0.25, 0.3) is 0 Å². The molecule has 2 N–H and O–H groups in total. The lowest BCUT2D eigenvalue weighted by molar-refractivity contribution is 0.387. The van der Waals surface area contributed by atoms with Crippen molar-refractivity contribution in [1.29, 1.82) is 0 Å². The molecular weight excluding hydrogens is 176 g/mol. The van der Waals surface area contributed by atoms with Crippen molar-refractivity contribution in [3.63, 3.8) is 0 Å². The second-order valence-corrected chi connectivity index (χ2v) is 3.07. The van der Waals surface area contributed by atoms with Crippen LogP contribution in [0.15, 0.2) is 31.0 Å². The van der Waals surface area contributed by atoms with Crippen molar-refractivity contribution in [2.45, 2.75) is 18.9 Å². The molecule has 1 unspecified atom stereocenters. The Labute approximate surface area is 84.6 Å². The highest BCUT2D eigenvalue weighted by molar-refractivity contribution is 5.28. The zero-order chi connectivity index (χ0) is 10.4. The predicted molar refractivity (Wildman–Crippen MR) is 57.1 cm³/mol. The molecule has 1 aromatic heterocycles. The van der Waals surface area contributed by atoms with Crippen LogP contribution in [-0.2, 0) is 0 Å². The van der Waals surface area contributed by atoms with Gasteiger partial charge in [0, 0.05) is 17.8 Å². The van der Waals surface area contributed by atoms with Gasteiger partial charge in [0.1, 0.15) is 0 Å². The van der Waals surface area contributed by atoms with E-state index < -0.39 is 0 Å². The van der Waals surface area contributed by atoms with Crippen molar-refractivity contribution in [2.24, 2.45) is 5.73 Å². The molecule has 0 aliphatic heterocycles. The van der Waals surface area contributed by atoms with Gasteiger partial charge in [-0.1, -0.05) is 12.1 Å². The molecule has 14 heavy (non-hydrogen) atoms. The summed E-state index contributed by atoms with van der Waals surface area (Å²) in [6.07, 6.45) is 5.33. The summed E-state index contributed by atoms with van der Waals surface area (Å²) in [6, 6.07) is 3.78. The number of hydrogen-bond acceptors (Lipinski definition) is 3. The number of nitrogens with two attached hydrogens (primary N) is 1. The van der Waals surface area contributed by atoms with E-state index in [1.165, 1.54) is 0 Å². The average molecular weight is 192 g/mol. The zero-order valence-electron chi connectivity index (χ0n) is 8.44. The van der Waals surface area contributed by atoms with Crippen LogP contribution in [0.4, 0.5) is 0 Å². The van der Waals surface area contributed by atoms with Crippen molar-refractivity contribution in [3.8, 4) is 5.88 Å². The summed E-state index contributed by atoms with van der Waals surface area (Å²) in [4.78, 5) is 4.10. The summed E-state index contributed by atoms with van der Waals surface area (Å²) >= 11 is 0. The monoisotopic (exact) mass is 192 g/mol. The van der Waals surface area contributed by atoms with E-state index in [0.29, 0.717) is 5.88 Å². The van der Waals surface area contributed by atoms with Gasteiger partial charge in [0.05, 0.1) is 7.11 Å². The minimum Gasteiger partial charge on any atom is -0.481 e. The molecule has 1 atom stereocenters. The van der Waals surface area contributed by atoms with Crippen LogP contribution in [0.2, 0.25) is 0 Å². The predicted octanol–water partition coefficient (Wildman–Crippen LogP) is 2.06. The quantitative estimate of drug-likeness (QED) is 0.726. The van der Waals surface area contributed by atoms with Gasteiger partial charge in [-0.2, -0.15) is 0 Å². The van der Waals surface area contributed by atoms with Crippen LogP contribution in [0.5, 0.6) is 5.88 Å². The molecule has 0 radical (unpaired) electrons. The molecule has 0 fully saturated rings. The van der Waals surface area contributed by atoms with Crippen molar-refractivity contribution >= 4 is 0 Å². The molecule has 3 nitrogen and oxygen atoms in total. The Morgan fingerprint density at radius 1 is 1.71 bits per heavy atom. The molecule has 1 heterocycles. The molecule has 1 rings (SSSR count). The third kappa shape index (κ3) is 2.57. The van der Waals surface area contributed by atoms with E-state index in [1.807, 2.05) is 18.2 Å². The van der Waals surface area contributed by atoms with Crippen LogP contribution in [0, 0.1) is 0 Å². The number of hydrogen-bond donors (Lipinski definition) is 1. The number of rotatable bonds is 5. The highest BCUT2D eigenvalue weighted by Crippen LogP contribution is 2.23. The largest absolute Gasteiger partial charge is 0.481 e. The molecule has 0 aromatic carbocycles. The molecule has 0 aliphatic carbocycles. The standard InChI is InChI=1S/C11H16N2O/c1-3-4-7-10(12)9-6-5-8-13-11(9)14-2/h3,5-6,8,10H,1,4,7,12H2,2H3. The molecular formula is C11H16N2O. The fraction of sp³-hybridized carbons (Fsp3) is 0.364. The summed E-state index contributed by atoms with van der Waals surface area (Å²) in [5.41, 5.74) is 6.95. The Morgan fingerprint density at radius 2 is 2.50 bits per heavy atom. The van der Waals surface area contributed by atoms with E-state index in [-0.39, 0.29) is 6.04 Å². The van der Waals surface area contributed by atoms with Crippen LogP contribution >= 0.6 is 0 Å². The lowest BCUT2D eigenvalue weighted by Crippen LogP contribution is -2.11. The van der Waals surface area contributed by atoms with Gasteiger partial charge in [-0.25, -0.2) is 4.98 Å². The maximum absolute atomic E-state index is 5.99. The molecule has 0 spiro atoms. The summed E-state index contributed by atoms with van der Waals surface area (Å²) < 4.78 is 5.13. The Bertz CT molecular complexity index is 299. The lowest BCUT2D eigenvalue weighted by atomic mass is 10.0. The van der Waals surface area contributed by atoms with Crippen molar-refractivity contribution in [1.82, 2.24) is 4.98 Å². The van der Waals surface area contributed by atoms with Crippen LogP contribution < -0.4 is 10.5 Å². The number of methoxy groups -OCH3 is 1. The summed E-state index contributed by atoms with van der Waals surface area (Å²) in [7, 11) is 1.60. The molecule has 0 amide bonds. The van der Waals surface area contributed by atoms with Gasteiger partial charge in [-0.15, -0.1) is 6.58 Å². The average Bonchev–Trinajstić information content (AvgIpc) is 2.25. The minimum atomic E-state index is -0.0309. The first kappa shape index (κ1) is 10.7. The highest BCUT2D eigenvalue weighted by atomic mass is 16.5. The molecule has 3 heteroatoms. The third-order valence-electron chi connectivity index (χ3n) is 2.08. The number of pyridine rings is 1. The van der Waals surface area contributed by atoms with Crippen molar-refractivity contribution in [2.75, 3.05) is 7.11 Å². The van der Waals surface area contributed by atoms with Gasteiger partial charge in [-0.05, 0) is 18.9 Å². The van der Waals surface area contributed by atoms with Gasteiger partial charge in [0.2, 0.25) is 5.88 Å². The maximum Gasteiger partial charge on any atom is 0.217 e.